The van der Waals surface area contributed by atoms with E-state index in [-0.39, 0.29) is 11.5 Å². The first-order valence-corrected chi connectivity index (χ1v) is 11.6. The Morgan fingerprint density at radius 3 is 2.77 bits per heavy atom. The van der Waals surface area contributed by atoms with Crippen LogP contribution in [-0.2, 0) is 4.74 Å². The molecular weight excluding hydrogens is 452 g/mol. The number of morpholine rings is 1. The summed E-state index contributed by atoms with van der Waals surface area (Å²) in [6.45, 7) is 6.04. The molecule has 3 aliphatic rings. The summed E-state index contributed by atoms with van der Waals surface area (Å²) in [5, 5.41) is 0.998. The lowest BCUT2D eigenvalue weighted by Crippen LogP contribution is -2.53. The predicted octanol–water partition coefficient (Wildman–Crippen LogP) is 0.666. The molecule has 12 heteroatoms. The summed E-state index contributed by atoms with van der Waals surface area (Å²) < 4.78 is 17.2. The van der Waals surface area contributed by atoms with Crippen LogP contribution in [0.25, 0.3) is 0 Å². The molecule has 3 aliphatic heterocycles. The van der Waals surface area contributed by atoms with Gasteiger partial charge in [0.15, 0.2) is 11.5 Å². The summed E-state index contributed by atoms with van der Waals surface area (Å²) in [6.07, 6.45) is 5.05. The Kier molecular flexibility index (Phi) is 6.84. The Morgan fingerprint density at radius 1 is 1.20 bits per heavy atom. The number of hydrogen-bond acceptors (Lipinski definition) is 11. The lowest BCUT2D eigenvalue weighted by atomic mass is 10.1. The third kappa shape index (κ3) is 4.67. The zero-order valence-corrected chi connectivity index (χ0v) is 19.6. The molecular formula is C23H28N8O4. The Morgan fingerprint density at radius 2 is 2.00 bits per heavy atom. The van der Waals surface area contributed by atoms with E-state index in [1.54, 1.807) is 7.11 Å². The maximum Gasteiger partial charge on any atom is 0.278 e. The van der Waals surface area contributed by atoms with Crippen LogP contribution < -0.4 is 15.3 Å². The number of hydrazine groups is 1. The molecule has 1 amide bonds. The first-order valence-electron chi connectivity index (χ1n) is 11.6. The van der Waals surface area contributed by atoms with Gasteiger partial charge in [0, 0.05) is 44.1 Å². The summed E-state index contributed by atoms with van der Waals surface area (Å²) in [7, 11) is 1.57. The van der Waals surface area contributed by atoms with Crippen LogP contribution in [0, 0.1) is 0 Å². The minimum Gasteiger partial charge on any atom is -0.491 e. The molecule has 0 unspecified atom stereocenters. The molecule has 1 saturated heterocycles. The van der Waals surface area contributed by atoms with E-state index in [1.165, 1.54) is 18.7 Å². The van der Waals surface area contributed by atoms with Crippen LogP contribution in [0.5, 0.6) is 11.5 Å². The second-order valence-electron chi connectivity index (χ2n) is 8.22. The smallest absolute Gasteiger partial charge is 0.278 e. The van der Waals surface area contributed by atoms with Crippen molar-refractivity contribution in [2.75, 3.05) is 59.7 Å². The molecule has 12 nitrogen and oxygen atoms in total. The number of hydrogen-bond donors (Lipinski definition) is 1. The van der Waals surface area contributed by atoms with Crippen LogP contribution in [0.15, 0.2) is 40.8 Å². The van der Waals surface area contributed by atoms with Crippen LogP contribution in [0.3, 0.4) is 0 Å². The first kappa shape index (κ1) is 23.1. The lowest BCUT2D eigenvalue weighted by Gasteiger charge is -2.32. The topological polar surface area (TPSA) is 131 Å². The van der Waals surface area contributed by atoms with E-state index in [4.69, 9.17) is 25.0 Å². The second kappa shape index (κ2) is 10.3. The molecule has 2 N–H and O–H groups in total. The van der Waals surface area contributed by atoms with Gasteiger partial charge in [0.1, 0.15) is 17.9 Å². The number of ether oxygens (including phenoxy) is 3. The van der Waals surface area contributed by atoms with Crippen LogP contribution in [-0.4, -0.2) is 102 Å². The van der Waals surface area contributed by atoms with Crippen LogP contribution in [0.1, 0.15) is 22.3 Å². The molecule has 0 atom stereocenters. The molecule has 4 heterocycles. The third-order valence-electron chi connectivity index (χ3n) is 6.06. The van der Waals surface area contributed by atoms with Gasteiger partial charge in [-0.15, -0.1) is 0 Å². The molecule has 35 heavy (non-hydrogen) atoms. The van der Waals surface area contributed by atoms with Crippen molar-refractivity contribution in [1.82, 2.24) is 24.8 Å². The van der Waals surface area contributed by atoms with Gasteiger partial charge >= 0.3 is 0 Å². The van der Waals surface area contributed by atoms with Crippen molar-refractivity contribution in [3.8, 4) is 11.5 Å². The molecule has 0 aliphatic carbocycles. The van der Waals surface area contributed by atoms with Crippen LogP contribution in [0.4, 0.5) is 5.69 Å². The number of rotatable bonds is 7. The largest absolute Gasteiger partial charge is 0.491 e. The number of methoxy groups -OCH3 is 1. The number of amidine groups is 1. The van der Waals surface area contributed by atoms with Gasteiger partial charge in [0.05, 0.1) is 39.0 Å². The quantitative estimate of drug-likeness (QED) is 0.263. The number of aromatic nitrogens is 2. The lowest BCUT2D eigenvalue weighted by molar-refractivity contribution is 0.0357. The minimum atomic E-state index is -0.478. The van der Waals surface area contributed by atoms with E-state index in [9.17, 15) is 4.79 Å². The standard InChI is InChI=1S/C23H28N8O4/c1-33-20-18(35-10-2-6-29-8-11-34-12-9-29)4-3-17-19(20)28-23(30-7-5-27-21(17)30)31(24)22(32)16-13-25-15-26-14-16/h3-4,13-15H,2,5-12,24H2,1H3. The highest BCUT2D eigenvalue weighted by Gasteiger charge is 2.36. The molecule has 0 saturated carbocycles. The van der Waals surface area contributed by atoms with E-state index in [0.29, 0.717) is 42.7 Å². The Bertz CT molecular complexity index is 1130. The van der Waals surface area contributed by atoms with Crippen LogP contribution in [0.2, 0.25) is 0 Å². The zero-order valence-electron chi connectivity index (χ0n) is 19.6. The molecule has 0 radical (unpaired) electrons. The molecule has 5 rings (SSSR count). The van der Waals surface area contributed by atoms with Gasteiger partial charge in [-0.2, -0.15) is 0 Å². The number of guanidine groups is 1. The fourth-order valence-electron chi connectivity index (χ4n) is 4.31. The Hall–Kier alpha value is -3.61. The SMILES string of the molecule is COc1c(OCCCN2CCOCC2)ccc2c1N=C(N(N)C(=O)c1cncnc1)N1CCN=C21. The molecule has 1 aromatic heterocycles. The monoisotopic (exact) mass is 480 g/mol. The number of carbonyl (C=O) groups is 1. The van der Waals surface area contributed by atoms with E-state index in [1.807, 2.05) is 17.0 Å². The van der Waals surface area contributed by atoms with Gasteiger partial charge in [0.25, 0.3) is 5.91 Å². The number of nitrogens with two attached hydrogens (primary N) is 1. The Labute approximate surface area is 203 Å². The Balaban J connectivity index is 1.39. The highest BCUT2D eigenvalue weighted by Crippen LogP contribution is 2.43. The van der Waals surface area contributed by atoms with Gasteiger partial charge in [-0.25, -0.2) is 25.8 Å². The molecule has 2 aromatic rings. The van der Waals surface area contributed by atoms with Gasteiger partial charge in [0.2, 0.25) is 5.96 Å². The van der Waals surface area contributed by atoms with Crippen molar-refractivity contribution in [1.29, 1.82) is 0 Å². The summed E-state index contributed by atoms with van der Waals surface area (Å²) in [4.78, 5) is 34.3. The predicted molar refractivity (Wildman–Crippen MR) is 128 cm³/mol. The summed E-state index contributed by atoms with van der Waals surface area (Å²) >= 11 is 0. The first-order chi connectivity index (χ1) is 17.2. The van der Waals surface area contributed by atoms with E-state index < -0.39 is 5.91 Å². The van der Waals surface area contributed by atoms with Crippen molar-refractivity contribution < 1.29 is 19.0 Å². The molecule has 0 bridgehead atoms. The van der Waals surface area contributed by atoms with Crippen molar-refractivity contribution in [3.05, 3.63) is 42.0 Å². The average molecular weight is 481 g/mol. The van der Waals surface area contributed by atoms with Crippen molar-refractivity contribution in [2.45, 2.75) is 6.42 Å². The number of fused-ring (bicyclic) bond motifs is 3. The fraction of sp³-hybridized carbons (Fsp3) is 0.435. The number of nitrogens with zero attached hydrogens (tertiary/aromatic N) is 7. The van der Waals surface area contributed by atoms with E-state index in [2.05, 4.69) is 19.9 Å². The van der Waals surface area contributed by atoms with Crippen molar-refractivity contribution in [2.24, 2.45) is 15.8 Å². The zero-order chi connectivity index (χ0) is 24.2. The normalized spacial score (nSPS) is 17.3. The minimum absolute atomic E-state index is 0.255. The molecule has 1 aromatic carbocycles. The van der Waals surface area contributed by atoms with Gasteiger partial charge < -0.3 is 14.2 Å². The molecule has 0 spiro atoms. The maximum absolute atomic E-state index is 13.0. The number of amides is 1. The van der Waals surface area contributed by atoms with Gasteiger partial charge in [-0.3, -0.25) is 19.6 Å². The maximum atomic E-state index is 13.0. The summed E-state index contributed by atoms with van der Waals surface area (Å²) in [5.41, 5.74) is 1.58. The number of benzene rings is 1. The number of aliphatic imine (C=N–C) groups is 2. The third-order valence-corrected chi connectivity index (χ3v) is 6.06. The van der Waals surface area contributed by atoms with Crippen LogP contribution >= 0.6 is 0 Å². The average Bonchev–Trinajstić information content (AvgIpc) is 3.41. The molecule has 184 valence electrons. The summed E-state index contributed by atoms with van der Waals surface area (Å²) in [6, 6.07) is 3.79. The van der Waals surface area contributed by atoms with Gasteiger partial charge in [-0.1, -0.05) is 0 Å². The highest BCUT2D eigenvalue weighted by molar-refractivity contribution is 6.19. The summed E-state index contributed by atoms with van der Waals surface area (Å²) in [5.74, 6) is 7.77. The van der Waals surface area contributed by atoms with Gasteiger partial charge in [-0.05, 0) is 18.6 Å². The second-order valence-corrected chi connectivity index (χ2v) is 8.22. The van der Waals surface area contributed by atoms with Crippen molar-refractivity contribution in [3.63, 3.8) is 0 Å². The van der Waals surface area contributed by atoms with E-state index in [0.717, 1.165) is 49.8 Å². The van der Waals surface area contributed by atoms with E-state index >= 15 is 0 Å². The fourth-order valence-corrected chi connectivity index (χ4v) is 4.31. The molecule has 1 fully saturated rings. The highest BCUT2D eigenvalue weighted by atomic mass is 16.5. The van der Waals surface area contributed by atoms with Crippen molar-refractivity contribution >= 4 is 23.4 Å². The number of carbonyl (C=O) groups excluding carboxylic acids is 1.